The van der Waals surface area contributed by atoms with Gasteiger partial charge >= 0.3 is 0 Å². The highest BCUT2D eigenvalue weighted by atomic mass is 16.6. The monoisotopic (exact) mass is 278 g/mol. The van der Waals surface area contributed by atoms with E-state index in [1.807, 2.05) is 13.0 Å². The second kappa shape index (κ2) is 5.11. The molecule has 0 radical (unpaired) electrons. The summed E-state index contributed by atoms with van der Waals surface area (Å²) in [5, 5.41) is 29.8. The van der Waals surface area contributed by atoms with Gasteiger partial charge in [0.2, 0.25) is 0 Å². The molecule has 1 aliphatic heterocycles. The Morgan fingerprint density at radius 2 is 1.70 bits per heavy atom. The molecule has 20 heavy (non-hydrogen) atoms. The summed E-state index contributed by atoms with van der Waals surface area (Å²) in [5.41, 5.74) is 2.06. The molecule has 0 aromatic heterocycles. The lowest BCUT2D eigenvalue weighted by atomic mass is 9.95. The minimum absolute atomic E-state index is 0.177. The van der Waals surface area contributed by atoms with E-state index in [1.165, 1.54) is 0 Å². The van der Waals surface area contributed by atoms with E-state index < -0.39 is 11.9 Å². The molecule has 1 aliphatic rings. The molecule has 110 valence electrons. The molecular formula is C16H22O4. The number of aliphatic hydroxyl groups excluding tert-OH is 1. The number of hydrogen-bond acceptors (Lipinski definition) is 4. The summed E-state index contributed by atoms with van der Waals surface area (Å²) >= 11 is 0. The van der Waals surface area contributed by atoms with Gasteiger partial charge in [0, 0.05) is 17.5 Å². The third-order valence-corrected chi connectivity index (χ3v) is 4.18. The van der Waals surface area contributed by atoms with Crippen LogP contribution in [0.25, 0.3) is 6.08 Å². The van der Waals surface area contributed by atoms with Gasteiger partial charge in [-0.1, -0.05) is 12.2 Å². The van der Waals surface area contributed by atoms with Crippen LogP contribution in [0.4, 0.5) is 0 Å². The van der Waals surface area contributed by atoms with Crippen LogP contribution in [-0.2, 0) is 4.74 Å². The third-order valence-electron chi connectivity index (χ3n) is 4.18. The van der Waals surface area contributed by atoms with Crippen LogP contribution in [0.3, 0.4) is 0 Å². The summed E-state index contributed by atoms with van der Waals surface area (Å²) in [6.07, 6.45) is 4.19. The molecule has 0 amide bonds. The van der Waals surface area contributed by atoms with Gasteiger partial charge in [-0.05, 0) is 45.2 Å². The van der Waals surface area contributed by atoms with Crippen LogP contribution in [-0.4, -0.2) is 27.2 Å². The highest BCUT2D eigenvalue weighted by molar-refractivity contribution is 5.69. The molecule has 1 aromatic rings. The number of aromatic hydroxyl groups is 2. The summed E-state index contributed by atoms with van der Waals surface area (Å²) in [4.78, 5) is 0. The number of phenols is 2. The first-order chi connectivity index (χ1) is 9.25. The molecule has 2 unspecified atom stereocenters. The van der Waals surface area contributed by atoms with Crippen LogP contribution in [0, 0.1) is 20.8 Å². The van der Waals surface area contributed by atoms with Crippen molar-refractivity contribution in [1.29, 1.82) is 0 Å². The van der Waals surface area contributed by atoms with Crippen molar-refractivity contribution < 1.29 is 20.1 Å². The van der Waals surface area contributed by atoms with E-state index in [0.29, 0.717) is 28.7 Å². The number of rotatable bonds is 2. The number of aliphatic hydroxyl groups is 1. The zero-order valence-electron chi connectivity index (χ0n) is 12.4. The van der Waals surface area contributed by atoms with Gasteiger partial charge in [0.25, 0.3) is 0 Å². The number of benzene rings is 1. The van der Waals surface area contributed by atoms with Crippen LogP contribution in [0.2, 0.25) is 0 Å². The highest BCUT2D eigenvalue weighted by Crippen LogP contribution is 2.38. The molecular weight excluding hydrogens is 256 g/mol. The van der Waals surface area contributed by atoms with Crippen molar-refractivity contribution >= 4 is 6.08 Å². The first-order valence-electron chi connectivity index (χ1n) is 6.82. The lowest BCUT2D eigenvalue weighted by Gasteiger charge is -2.20. The Bertz CT molecular complexity index is 533. The van der Waals surface area contributed by atoms with Gasteiger partial charge in [-0.2, -0.15) is 0 Å². The maximum Gasteiger partial charge on any atom is 0.155 e. The smallest absolute Gasteiger partial charge is 0.155 e. The van der Waals surface area contributed by atoms with Gasteiger partial charge in [-0.15, -0.1) is 0 Å². The maximum absolute atomic E-state index is 10.2. The van der Waals surface area contributed by atoms with Crippen molar-refractivity contribution in [2.24, 2.45) is 0 Å². The maximum atomic E-state index is 10.2. The molecule has 4 nitrogen and oxygen atoms in total. The SMILES string of the molecule is Cc1c(C)c(O)c(/C=C/C2(C)CCC(O)O2)c(C)c1O. The molecule has 0 bridgehead atoms. The van der Waals surface area contributed by atoms with Gasteiger partial charge < -0.3 is 20.1 Å². The zero-order valence-corrected chi connectivity index (χ0v) is 12.4. The molecule has 0 spiro atoms. The lowest BCUT2D eigenvalue weighted by molar-refractivity contribution is -0.111. The standard InChI is InChI=1S/C16H22O4/c1-9-10(2)15(19)12(11(3)14(9)18)5-7-16(4)8-6-13(17)20-16/h5,7,13,17-19H,6,8H2,1-4H3/b7-5+. The van der Waals surface area contributed by atoms with Crippen molar-refractivity contribution in [1.82, 2.24) is 0 Å². The molecule has 3 N–H and O–H groups in total. The van der Waals surface area contributed by atoms with Crippen molar-refractivity contribution in [3.05, 3.63) is 28.3 Å². The first-order valence-corrected chi connectivity index (χ1v) is 6.82. The third kappa shape index (κ3) is 2.53. The predicted octanol–water partition coefficient (Wildman–Crippen LogP) is 2.92. The second-order valence-electron chi connectivity index (χ2n) is 5.74. The predicted molar refractivity (Wildman–Crippen MR) is 77.7 cm³/mol. The molecule has 1 saturated heterocycles. The normalized spacial score (nSPS) is 26.6. The minimum Gasteiger partial charge on any atom is -0.507 e. The first kappa shape index (κ1) is 14.9. The molecule has 2 rings (SSSR count). The molecule has 1 heterocycles. The van der Waals surface area contributed by atoms with E-state index in [9.17, 15) is 15.3 Å². The van der Waals surface area contributed by atoms with Crippen molar-refractivity contribution in [3.8, 4) is 11.5 Å². The Labute approximate surface area is 119 Å². The van der Waals surface area contributed by atoms with E-state index in [0.717, 1.165) is 6.42 Å². The fraction of sp³-hybridized carbons (Fsp3) is 0.500. The fourth-order valence-electron chi connectivity index (χ4n) is 2.57. The Morgan fingerprint density at radius 3 is 2.25 bits per heavy atom. The fourth-order valence-corrected chi connectivity index (χ4v) is 2.57. The largest absolute Gasteiger partial charge is 0.507 e. The van der Waals surface area contributed by atoms with Gasteiger partial charge in [0.05, 0.1) is 5.60 Å². The topological polar surface area (TPSA) is 69.9 Å². The van der Waals surface area contributed by atoms with E-state index in [2.05, 4.69) is 0 Å². The van der Waals surface area contributed by atoms with Crippen LogP contribution < -0.4 is 0 Å². The van der Waals surface area contributed by atoms with Crippen LogP contribution in [0.1, 0.15) is 42.0 Å². The summed E-state index contributed by atoms with van der Waals surface area (Å²) in [7, 11) is 0. The van der Waals surface area contributed by atoms with Gasteiger partial charge in [0.15, 0.2) is 6.29 Å². The summed E-state index contributed by atoms with van der Waals surface area (Å²) < 4.78 is 5.46. The Morgan fingerprint density at radius 1 is 1.10 bits per heavy atom. The Kier molecular flexibility index (Phi) is 3.80. The summed E-state index contributed by atoms with van der Waals surface area (Å²) in [5.74, 6) is 0.383. The molecule has 2 atom stereocenters. The average Bonchev–Trinajstić information content (AvgIpc) is 2.74. The van der Waals surface area contributed by atoms with Crippen LogP contribution in [0.5, 0.6) is 11.5 Å². The van der Waals surface area contributed by atoms with Crippen molar-refractivity contribution in [2.75, 3.05) is 0 Å². The number of hydrogen-bond donors (Lipinski definition) is 3. The quantitative estimate of drug-likeness (QED) is 0.727. The van der Waals surface area contributed by atoms with Gasteiger partial charge in [-0.3, -0.25) is 0 Å². The van der Waals surface area contributed by atoms with Crippen molar-refractivity contribution in [3.63, 3.8) is 0 Å². The Balaban J connectivity index is 2.40. The summed E-state index contributed by atoms with van der Waals surface area (Å²) in [6.45, 7) is 7.22. The number of ether oxygens (including phenoxy) is 1. The highest BCUT2D eigenvalue weighted by Gasteiger charge is 2.32. The molecule has 4 heteroatoms. The molecule has 0 aliphatic carbocycles. The van der Waals surface area contributed by atoms with Gasteiger partial charge in [0.1, 0.15) is 11.5 Å². The number of phenolic OH excluding ortho intramolecular Hbond substituents is 2. The van der Waals surface area contributed by atoms with E-state index in [-0.39, 0.29) is 11.5 Å². The van der Waals surface area contributed by atoms with E-state index >= 15 is 0 Å². The second-order valence-corrected chi connectivity index (χ2v) is 5.74. The Hall–Kier alpha value is -1.52. The molecule has 1 aromatic carbocycles. The van der Waals surface area contributed by atoms with Crippen LogP contribution in [0.15, 0.2) is 6.08 Å². The molecule has 1 fully saturated rings. The molecule has 0 saturated carbocycles. The average molecular weight is 278 g/mol. The van der Waals surface area contributed by atoms with Gasteiger partial charge in [-0.25, -0.2) is 0 Å². The minimum atomic E-state index is -0.729. The van der Waals surface area contributed by atoms with Crippen molar-refractivity contribution in [2.45, 2.75) is 52.4 Å². The summed E-state index contributed by atoms with van der Waals surface area (Å²) in [6, 6.07) is 0. The van der Waals surface area contributed by atoms with E-state index in [1.54, 1.807) is 26.8 Å². The van der Waals surface area contributed by atoms with Crippen LogP contribution >= 0.6 is 0 Å². The lowest BCUT2D eigenvalue weighted by Crippen LogP contribution is -2.21. The van der Waals surface area contributed by atoms with E-state index in [4.69, 9.17) is 4.74 Å². The zero-order chi connectivity index (χ0) is 15.1.